The van der Waals surface area contributed by atoms with E-state index in [1.165, 1.54) is 0 Å². The topological polar surface area (TPSA) is 58.7 Å². The number of amides is 1. The number of nitrogens with zero attached hydrogens (tertiary/aromatic N) is 2. The van der Waals surface area contributed by atoms with Crippen LogP contribution in [0.15, 0.2) is 23.2 Å². The van der Waals surface area contributed by atoms with Gasteiger partial charge in [0.05, 0.1) is 11.6 Å². The minimum atomic E-state index is 0.0986. The van der Waals surface area contributed by atoms with E-state index in [0.29, 0.717) is 11.4 Å². The van der Waals surface area contributed by atoms with Crippen molar-refractivity contribution in [2.24, 2.45) is 10.7 Å². The Morgan fingerprint density at radius 3 is 2.68 bits per heavy atom. The third-order valence-electron chi connectivity index (χ3n) is 3.24. The molecule has 2 rings (SSSR count). The van der Waals surface area contributed by atoms with Gasteiger partial charge in [-0.3, -0.25) is 4.79 Å². The highest BCUT2D eigenvalue weighted by molar-refractivity contribution is 6.28. The number of alkyl halides is 1. The van der Waals surface area contributed by atoms with Crippen molar-refractivity contribution in [2.75, 3.05) is 19.0 Å². The van der Waals surface area contributed by atoms with Gasteiger partial charge in [-0.2, -0.15) is 0 Å². The molecule has 1 amide bonds. The number of carbonyl (C=O) groups excluding carboxylic acids is 1. The minimum Gasteiger partial charge on any atom is -0.386 e. The summed E-state index contributed by atoms with van der Waals surface area (Å²) in [6.07, 6.45) is 2.19. The number of rotatable bonds is 3. The Hall–Kier alpha value is -1.55. The second-order valence-corrected chi connectivity index (χ2v) is 5.00. The van der Waals surface area contributed by atoms with E-state index >= 15 is 0 Å². The van der Waals surface area contributed by atoms with Crippen LogP contribution in [0.25, 0.3) is 0 Å². The van der Waals surface area contributed by atoms with Gasteiger partial charge in [0.15, 0.2) is 0 Å². The van der Waals surface area contributed by atoms with Crippen LogP contribution in [-0.2, 0) is 0 Å². The van der Waals surface area contributed by atoms with Crippen molar-refractivity contribution in [3.63, 3.8) is 0 Å². The fourth-order valence-electron chi connectivity index (χ4n) is 2.20. The molecular weight excluding hydrogens is 262 g/mol. The first kappa shape index (κ1) is 13.9. The van der Waals surface area contributed by atoms with Crippen LogP contribution in [0.5, 0.6) is 0 Å². The summed E-state index contributed by atoms with van der Waals surface area (Å²) < 4.78 is 0. The van der Waals surface area contributed by atoms with Gasteiger partial charge in [-0.25, -0.2) is 4.99 Å². The number of nitrogens with two attached hydrogens (primary N) is 1. The zero-order valence-corrected chi connectivity index (χ0v) is 11.8. The lowest BCUT2D eigenvalue weighted by Crippen LogP contribution is -2.27. The third kappa shape index (κ3) is 3.26. The average Bonchev–Trinajstić information content (AvgIpc) is 2.94. The molecule has 1 aliphatic rings. The van der Waals surface area contributed by atoms with Crippen molar-refractivity contribution in [3.8, 4) is 0 Å². The maximum atomic E-state index is 12.2. The molecule has 19 heavy (non-hydrogen) atoms. The molecular formula is C14H18ClN3O. The molecule has 0 spiro atoms. The standard InChI is InChI=1S/C14H18ClN3O/c1-10-8-11(14(19)18-6-2-3-7-18)4-5-12(10)17-13(16)9-15/h4-5,8H,2-3,6-7,9H2,1H3,(H2,16,17). The summed E-state index contributed by atoms with van der Waals surface area (Å²) in [7, 11) is 0. The maximum absolute atomic E-state index is 12.2. The summed E-state index contributed by atoms with van der Waals surface area (Å²) >= 11 is 5.61. The number of likely N-dealkylation sites (tertiary alicyclic amines) is 1. The average molecular weight is 280 g/mol. The van der Waals surface area contributed by atoms with Gasteiger partial charge >= 0.3 is 0 Å². The van der Waals surface area contributed by atoms with Gasteiger partial charge in [-0.1, -0.05) is 0 Å². The summed E-state index contributed by atoms with van der Waals surface area (Å²) in [5.74, 6) is 0.679. The van der Waals surface area contributed by atoms with E-state index in [-0.39, 0.29) is 11.8 Å². The number of hydrogen-bond donors (Lipinski definition) is 1. The molecule has 5 heteroatoms. The molecule has 0 radical (unpaired) electrons. The first-order valence-corrected chi connectivity index (χ1v) is 6.94. The summed E-state index contributed by atoms with van der Waals surface area (Å²) in [5, 5.41) is 0. The monoisotopic (exact) mass is 279 g/mol. The van der Waals surface area contributed by atoms with E-state index in [2.05, 4.69) is 4.99 Å². The van der Waals surface area contributed by atoms with E-state index in [4.69, 9.17) is 17.3 Å². The van der Waals surface area contributed by atoms with Crippen LogP contribution in [0, 0.1) is 6.92 Å². The predicted molar refractivity (Wildman–Crippen MR) is 78.3 cm³/mol. The lowest BCUT2D eigenvalue weighted by molar-refractivity contribution is 0.0793. The van der Waals surface area contributed by atoms with Crippen LogP contribution in [0.4, 0.5) is 5.69 Å². The number of halogens is 1. The summed E-state index contributed by atoms with van der Waals surface area (Å²) in [6.45, 7) is 3.63. The molecule has 0 bridgehead atoms. The molecule has 0 saturated carbocycles. The Morgan fingerprint density at radius 1 is 1.42 bits per heavy atom. The Kier molecular flexibility index (Phi) is 4.43. The molecule has 0 aromatic heterocycles. The number of aryl methyl sites for hydroxylation is 1. The normalized spacial score (nSPS) is 15.9. The van der Waals surface area contributed by atoms with E-state index in [1.807, 2.05) is 24.0 Å². The molecule has 0 aliphatic carbocycles. The van der Waals surface area contributed by atoms with Gasteiger partial charge in [0.2, 0.25) is 0 Å². The SMILES string of the molecule is Cc1cc(C(=O)N2CCCC2)ccc1N=C(N)CCl. The Bertz CT molecular complexity index is 507. The lowest BCUT2D eigenvalue weighted by Gasteiger charge is -2.15. The van der Waals surface area contributed by atoms with Gasteiger partial charge in [-0.05, 0) is 43.5 Å². The second kappa shape index (κ2) is 6.06. The first-order chi connectivity index (χ1) is 9.11. The van der Waals surface area contributed by atoms with Gasteiger partial charge in [0.1, 0.15) is 5.84 Å². The summed E-state index contributed by atoms with van der Waals surface area (Å²) in [6, 6.07) is 5.48. The zero-order valence-electron chi connectivity index (χ0n) is 11.0. The van der Waals surface area contributed by atoms with Crippen LogP contribution in [-0.4, -0.2) is 35.6 Å². The fraction of sp³-hybridized carbons (Fsp3) is 0.429. The van der Waals surface area contributed by atoms with Crippen LogP contribution in [0.3, 0.4) is 0 Å². The predicted octanol–water partition coefficient (Wildman–Crippen LogP) is 2.46. The second-order valence-electron chi connectivity index (χ2n) is 4.74. The van der Waals surface area contributed by atoms with Crippen molar-refractivity contribution in [3.05, 3.63) is 29.3 Å². The van der Waals surface area contributed by atoms with Crippen molar-refractivity contribution in [1.82, 2.24) is 4.90 Å². The van der Waals surface area contributed by atoms with E-state index < -0.39 is 0 Å². The van der Waals surface area contributed by atoms with Crippen LogP contribution >= 0.6 is 11.6 Å². The molecule has 0 unspecified atom stereocenters. The van der Waals surface area contributed by atoms with Crippen LogP contribution in [0.2, 0.25) is 0 Å². The smallest absolute Gasteiger partial charge is 0.253 e. The summed E-state index contributed by atoms with van der Waals surface area (Å²) in [5.41, 5.74) is 8.01. The molecule has 1 fully saturated rings. The molecule has 1 aromatic carbocycles. The quantitative estimate of drug-likeness (QED) is 0.525. The van der Waals surface area contributed by atoms with Crippen molar-refractivity contribution < 1.29 is 4.79 Å². The molecule has 2 N–H and O–H groups in total. The van der Waals surface area contributed by atoms with E-state index in [1.54, 1.807) is 6.07 Å². The van der Waals surface area contributed by atoms with Crippen LogP contribution < -0.4 is 5.73 Å². The molecule has 1 aromatic rings. The minimum absolute atomic E-state index is 0.0986. The molecule has 0 atom stereocenters. The van der Waals surface area contributed by atoms with Crippen molar-refractivity contribution >= 4 is 29.0 Å². The maximum Gasteiger partial charge on any atom is 0.253 e. The van der Waals surface area contributed by atoms with Gasteiger partial charge in [0, 0.05) is 18.7 Å². The molecule has 102 valence electrons. The summed E-state index contributed by atoms with van der Waals surface area (Å²) in [4.78, 5) is 18.3. The third-order valence-corrected chi connectivity index (χ3v) is 3.51. The largest absolute Gasteiger partial charge is 0.386 e. The molecule has 1 heterocycles. The highest BCUT2D eigenvalue weighted by atomic mass is 35.5. The first-order valence-electron chi connectivity index (χ1n) is 6.40. The molecule has 1 saturated heterocycles. The Labute approximate surface area is 118 Å². The number of carbonyl (C=O) groups is 1. The number of aliphatic imine (C=N–C) groups is 1. The molecule has 1 aliphatic heterocycles. The van der Waals surface area contributed by atoms with Crippen LogP contribution in [0.1, 0.15) is 28.8 Å². The Balaban J connectivity index is 2.21. The lowest BCUT2D eigenvalue weighted by atomic mass is 10.1. The van der Waals surface area contributed by atoms with Crippen molar-refractivity contribution in [1.29, 1.82) is 0 Å². The van der Waals surface area contributed by atoms with E-state index in [0.717, 1.165) is 37.2 Å². The number of benzene rings is 1. The number of hydrogen-bond acceptors (Lipinski definition) is 2. The Morgan fingerprint density at radius 2 is 2.11 bits per heavy atom. The van der Waals surface area contributed by atoms with Gasteiger partial charge in [0.25, 0.3) is 5.91 Å². The highest BCUT2D eigenvalue weighted by Crippen LogP contribution is 2.21. The van der Waals surface area contributed by atoms with E-state index in [9.17, 15) is 4.79 Å². The van der Waals surface area contributed by atoms with Crippen molar-refractivity contribution in [2.45, 2.75) is 19.8 Å². The fourth-order valence-corrected chi connectivity index (χ4v) is 2.26. The highest BCUT2D eigenvalue weighted by Gasteiger charge is 2.19. The zero-order chi connectivity index (χ0) is 13.8. The molecule has 4 nitrogen and oxygen atoms in total. The van der Waals surface area contributed by atoms with Gasteiger partial charge in [-0.15, -0.1) is 11.6 Å². The number of amidine groups is 1. The van der Waals surface area contributed by atoms with Gasteiger partial charge < -0.3 is 10.6 Å².